The molecule has 5 heteroatoms. The van der Waals surface area contributed by atoms with Crippen molar-refractivity contribution in [3.8, 4) is 0 Å². The summed E-state index contributed by atoms with van der Waals surface area (Å²) in [5.41, 5.74) is 2.64. The molecule has 132 valence electrons. The van der Waals surface area contributed by atoms with Crippen LogP contribution in [0.3, 0.4) is 0 Å². The Labute approximate surface area is 148 Å². The highest BCUT2D eigenvalue weighted by molar-refractivity contribution is 5.92. The van der Waals surface area contributed by atoms with Gasteiger partial charge in [-0.25, -0.2) is 9.97 Å². The predicted octanol–water partition coefficient (Wildman–Crippen LogP) is 2.72. The van der Waals surface area contributed by atoms with Crippen molar-refractivity contribution in [3.63, 3.8) is 0 Å². The third kappa shape index (κ3) is 1.85. The van der Waals surface area contributed by atoms with Crippen molar-refractivity contribution in [1.29, 1.82) is 0 Å². The Bertz CT molecular complexity index is 863. The van der Waals surface area contributed by atoms with Gasteiger partial charge in [-0.1, -0.05) is 32.9 Å². The van der Waals surface area contributed by atoms with Gasteiger partial charge in [0.25, 0.3) is 0 Å². The molecule has 2 aliphatic carbocycles. The van der Waals surface area contributed by atoms with Gasteiger partial charge in [-0.2, -0.15) is 0 Å². The number of aromatic nitrogens is 2. The summed E-state index contributed by atoms with van der Waals surface area (Å²) in [5.74, 6) is 0.0570. The summed E-state index contributed by atoms with van der Waals surface area (Å²) in [6.07, 6.45) is 1.77. The summed E-state index contributed by atoms with van der Waals surface area (Å²) in [6, 6.07) is 7.92. The number of nitrogens with one attached hydrogen (secondary N) is 1. The van der Waals surface area contributed by atoms with Crippen LogP contribution in [0.5, 0.6) is 0 Å². The highest BCUT2D eigenvalue weighted by Gasteiger charge is 2.73. The lowest BCUT2D eigenvalue weighted by molar-refractivity contribution is -0.130. The minimum Gasteiger partial charge on any atom is -0.383 e. The lowest BCUT2D eigenvalue weighted by Crippen LogP contribution is -2.51. The summed E-state index contributed by atoms with van der Waals surface area (Å²) in [7, 11) is 1.64. The molecular formula is C20H25N3O2. The maximum atomic E-state index is 13.3. The number of nitrogens with zero attached hydrogens (tertiary/aromatic N) is 2. The summed E-state index contributed by atoms with van der Waals surface area (Å²) in [5, 5.41) is 3.07. The van der Waals surface area contributed by atoms with Crippen molar-refractivity contribution in [2.75, 3.05) is 20.3 Å². The molecule has 1 heterocycles. The Morgan fingerprint density at radius 3 is 2.40 bits per heavy atom. The van der Waals surface area contributed by atoms with Crippen molar-refractivity contribution in [1.82, 2.24) is 15.3 Å². The van der Waals surface area contributed by atoms with Crippen molar-refractivity contribution in [2.24, 2.45) is 5.41 Å². The summed E-state index contributed by atoms with van der Waals surface area (Å²) >= 11 is 0. The molecule has 2 unspecified atom stereocenters. The standard InChI is InChI=1S/C20H25N3O2/c1-18(2)19(3)9-10-20(18,17(24)21-11-12-25-4)16-15(19)22-13-7-5-6-8-14(13)23-16/h5-8H,9-12H2,1-4H3,(H,21,24). The molecule has 4 rings (SSSR count). The van der Waals surface area contributed by atoms with Gasteiger partial charge in [-0.15, -0.1) is 0 Å². The van der Waals surface area contributed by atoms with Crippen LogP contribution in [-0.2, 0) is 20.4 Å². The smallest absolute Gasteiger partial charge is 0.232 e. The first kappa shape index (κ1) is 16.5. The van der Waals surface area contributed by atoms with Gasteiger partial charge in [0.1, 0.15) is 0 Å². The number of hydrogen-bond acceptors (Lipinski definition) is 4. The molecule has 0 spiro atoms. The second-order valence-electron chi connectivity index (χ2n) is 8.02. The maximum absolute atomic E-state index is 13.3. The average molecular weight is 339 g/mol. The predicted molar refractivity (Wildman–Crippen MR) is 96.5 cm³/mol. The molecule has 25 heavy (non-hydrogen) atoms. The van der Waals surface area contributed by atoms with Crippen LogP contribution in [0.2, 0.25) is 0 Å². The van der Waals surface area contributed by atoms with E-state index in [0.717, 1.165) is 35.3 Å². The van der Waals surface area contributed by atoms with E-state index in [1.807, 2.05) is 24.3 Å². The minimum absolute atomic E-state index is 0.0570. The summed E-state index contributed by atoms with van der Waals surface area (Å²) < 4.78 is 5.09. The van der Waals surface area contributed by atoms with Crippen LogP contribution < -0.4 is 5.32 Å². The zero-order valence-corrected chi connectivity index (χ0v) is 15.3. The van der Waals surface area contributed by atoms with Crippen molar-refractivity contribution in [3.05, 3.63) is 35.7 Å². The minimum atomic E-state index is -0.623. The van der Waals surface area contributed by atoms with Gasteiger partial charge in [0.15, 0.2) is 0 Å². The molecule has 1 saturated carbocycles. The van der Waals surface area contributed by atoms with E-state index in [1.165, 1.54) is 0 Å². The highest BCUT2D eigenvalue weighted by atomic mass is 16.5. The van der Waals surface area contributed by atoms with Gasteiger partial charge >= 0.3 is 0 Å². The highest BCUT2D eigenvalue weighted by Crippen LogP contribution is 2.70. The molecule has 1 N–H and O–H groups in total. The number of rotatable bonds is 4. The van der Waals surface area contributed by atoms with E-state index in [0.29, 0.717) is 13.2 Å². The number of para-hydroxylation sites is 2. The second-order valence-corrected chi connectivity index (χ2v) is 8.02. The van der Waals surface area contributed by atoms with Crippen molar-refractivity contribution < 1.29 is 9.53 Å². The molecule has 2 aromatic rings. The molecule has 1 aromatic heterocycles. The van der Waals surface area contributed by atoms with E-state index in [4.69, 9.17) is 14.7 Å². The van der Waals surface area contributed by atoms with Crippen LogP contribution >= 0.6 is 0 Å². The number of hydrogen-bond donors (Lipinski definition) is 1. The third-order valence-electron chi connectivity index (χ3n) is 6.92. The van der Waals surface area contributed by atoms with Gasteiger partial charge in [-0.05, 0) is 30.4 Å². The van der Waals surface area contributed by atoms with Crippen LogP contribution in [-0.4, -0.2) is 36.1 Å². The fourth-order valence-electron chi connectivity index (χ4n) is 4.97. The molecule has 1 aromatic carbocycles. The SMILES string of the molecule is COCCNC(=O)C12CCC(C)(c3nc4ccccc4nc31)C2(C)C. The van der Waals surface area contributed by atoms with E-state index < -0.39 is 5.41 Å². The van der Waals surface area contributed by atoms with E-state index in [1.54, 1.807) is 7.11 Å². The van der Waals surface area contributed by atoms with Gasteiger partial charge in [-0.3, -0.25) is 4.79 Å². The van der Waals surface area contributed by atoms with Crippen LogP contribution in [0.25, 0.3) is 11.0 Å². The van der Waals surface area contributed by atoms with Crippen molar-refractivity contribution in [2.45, 2.75) is 44.4 Å². The van der Waals surface area contributed by atoms with Crippen LogP contribution in [0.15, 0.2) is 24.3 Å². The molecule has 0 aliphatic heterocycles. The number of fused-ring (bicyclic) bond motifs is 6. The molecule has 2 atom stereocenters. The number of ether oxygens (including phenoxy) is 1. The molecule has 2 aliphatic rings. The number of amides is 1. The van der Waals surface area contributed by atoms with E-state index >= 15 is 0 Å². The first-order chi connectivity index (χ1) is 11.9. The quantitative estimate of drug-likeness (QED) is 0.870. The Hall–Kier alpha value is -2.01. The van der Waals surface area contributed by atoms with Crippen molar-refractivity contribution >= 4 is 16.9 Å². The Balaban J connectivity index is 1.90. The molecule has 1 amide bonds. The monoisotopic (exact) mass is 339 g/mol. The molecular weight excluding hydrogens is 314 g/mol. The topological polar surface area (TPSA) is 64.1 Å². The average Bonchev–Trinajstić information content (AvgIpc) is 2.89. The molecule has 5 nitrogen and oxygen atoms in total. The second kappa shape index (κ2) is 5.24. The van der Waals surface area contributed by atoms with E-state index in [-0.39, 0.29) is 16.7 Å². The first-order valence-corrected chi connectivity index (χ1v) is 8.93. The lowest BCUT2D eigenvalue weighted by atomic mass is 9.63. The number of carbonyl (C=O) groups excluding carboxylic acids is 1. The van der Waals surface area contributed by atoms with Crippen LogP contribution in [0.1, 0.15) is 45.0 Å². The van der Waals surface area contributed by atoms with Gasteiger partial charge in [0.2, 0.25) is 5.91 Å². The Morgan fingerprint density at radius 2 is 1.76 bits per heavy atom. The van der Waals surface area contributed by atoms with E-state index in [2.05, 4.69) is 26.1 Å². The van der Waals surface area contributed by atoms with Gasteiger partial charge in [0.05, 0.1) is 34.4 Å². The summed E-state index contributed by atoms with van der Waals surface area (Å²) in [6.45, 7) is 7.66. The van der Waals surface area contributed by atoms with Gasteiger partial charge in [0, 0.05) is 19.1 Å². The normalized spacial score (nSPS) is 29.0. The summed E-state index contributed by atoms with van der Waals surface area (Å²) in [4.78, 5) is 23.2. The zero-order valence-electron chi connectivity index (χ0n) is 15.3. The third-order valence-corrected chi connectivity index (χ3v) is 6.92. The Kier molecular flexibility index (Phi) is 3.45. The first-order valence-electron chi connectivity index (χ1n) is 8.93. The van der Waals surface area contributed by atoms with Crippen LogP contribution in [0, 0.1) is 5.41 Å². The van der Waals surface area contributed by atoms with Gasteiger partial charge < -0.3 is 10.1 Å². The van der Waals surface area contributed by atoms with E-state index in [9.17, 15) is 4.79 Å². The molecule has 0 radical (unpaired) electrons. The Morgan fingerprint density at radius 1 is 1.12 bits per heavy atom. The molecule has 0 saturated heterocycles. The molecule has 1 fully saturated rings. The van der Waals surface area contributed by atoms with Crippen LogP contribution in [0.4, 0.5) is 0 Å². The lowest BCUT2D eigenvalue weighted by Gasteiger charge is -2.39. The fraction of sp³-hybridized carbons (Fsp3) is 0.550. The fourth-order valence-corrected chi connectivity index (χ4v) is 4.97. The maximum Gasteiger partial charge on any atom is 0.232 e. The zero-order chi connectivity index (χ0) is 17.9. The molecule has 2 bridgehead atoms. The largest absolute Gasteiger partial charge is 0.383 e. The number of methoxy groups -OCH3 is 1. The number of benzene rings is 1. The number of carbonyl (C=O) groups is 1.